The molecule has 0 aliphatic rings. The summed E-state index contributed by atoms with van der Waals surface area (Å²) < 4.78 is 0. The van der Waals surface area contributed by atoms with Gasteiger partial charge in [0.1, 0.15) is 18.6 Å². The number of nitrogens with one attached hydrogen (secondary N) is 3. The molecule has 170 valence electrons. The molecule has 0 bridgehead atoms. The van der Waals surface area contributed by atoms with Gasteiger partial charge >= 0.3 is 17.9 Å². The minimum Gasteiger partial charge on any atom is -0.481 e. The number of carbonyl (C=O) groups excluding carboxylic acids is 3. The third-order valence-electron chi connectivity index (χ3n) is 3.77. The number of nitrogens with two attached hydrogens (primary N) is 1. The summed E-state index contributed by atoms with van der Waals surface area (Å²) >= 11 is 0. The number of carbonyl (C=O) groups is 6. The molecule has 30 heavy (non-hydrogen) atoms. The fraction of sp³-hybridized carbons (Fsp3) is 0.647. The van der Waals surface area contributed by atoms with Gasteiger partial charge in [-0.2, -0.15) is 0 Å². The molecule has 0 heterocycles. The van der Waals surface area contributed by atoms with Crippen molar-refractivity contribution in [3.05, 3.63) is 0 Å². The lowest BCUT2D eigenvalue weighted by Gasteiger charge is -2.24. The lowest BCUT2D eigenvalue weighted by molar-refractivity contribution is -0.140. The van der Waals surface area contributed by atoms with Crippen LogP contribution in [0.3, 0.4) is 0 Å². The van der Waals surface area contributed by atoms with Crippen LogP contribution in [0.2, 0.25) is 0 Å². The van der Waals surface area contributed by atoms with Gasteiger partial charge in [-0.15, -0.1) is 0 Å². The topological polar surface area (TPSA) is 225 Å². The molecule has 3 atom stereocenters. The van der Waals surface area contributed by atoms with Crippen LogP contribution in [0, 0.1) is 5.92 Å². The Morgan fingerprint density at radius 1 is 0.800 bits per heavy atom. The van der Waals surface area contributed by atoms with Crippen molar-refractivity contribution in [1.29, 1.82) is 0 Å². The average molecular weight is 432 g/mol. The normalized spacial score (nSPS) is 13.6. The standard InChI is InChI=1S/C17H28N4O9/c1-8(2)5-11(21-15(28)9(18)6-13(24)25)17(30)20-10(3-4-12(22)23)16(29)19-7-14(26)27/h8-11H,3-7,18H2,1-2H3,(H,19,29)(H,20,30)(H,21,28)(H,22,23)(H,24,25)(H,26,27). The largest absolute Gasteiger partial charge is 0.481 e. The maximum Gasteiger partial charge on any atom is 0.322 e. The van der Waals surface area contributed by atoms with E-state index in [0.29, 0.717) is 0 Å². The predicted molar refractivity (Wildman–Crippen MR) is 101 cm³/mol. The minimum atomic E-state index is -1.40. The Balaban J connectivity index is 5.30. The van der Waals surface area contributed by atoms with E-state index >= 15 is 0 Å². The molecule has 0 aromatic heterocycles. The monoisotopic (exact) mass is 432 g/mol. The van der Waals surface area contributed by atoms with E-state index in [0.717, 1.165) is 0 Å². The molecular weight excluding hydrogens is 404 g/mol. The second-order valence-electron chi connectivity index (χ2n) is 7.00. The molecule has 8 N–H and O–H groups in total. The van der Waals surface area contributed by atoms with Gasteiger partial charge in [0.15, 0.2) is 0 Å². The molecule has 0 aromatic rings. The van der Waals surface area contributed by atoms with Crippen LogP contribution >= 0.6 is 0 Å². The number of amides is 3. The summed E-state index contributed by atoms with van der Waals surface area (Å²) in [7, 11) is 0. The summed E-state index contributed by atoms with van der Waals surface area (Å²) in [4.78, 5) is 69.0. The van der Waals surface area contributed by atoms with Gasteiger partial charge in [-0.1, -0.05) is 13.8 Å². The van der Waals surface area contributed by atoms with E-state index < -0.39 is 73.1 Å². The SMILES string of the molecule is CC(C)CC(NC(=O)C(N)CC(=O)O)C(=O)NC(CCC(=O)O)C(=O)NCC(=O)O. The zero-order valence-corrected chi connectivity index (χ0v) is 16.7. The quantitative estimate of drug-likeness (QED) is 0.158. The van der Waals surface area contributed by atoms with Crippen molar-refractivity contribution in [3.63, 3.8) is 0 Å². The van der Waals surface area contributed by atoms with E-state index in [2.05, 4.69) is 16.0 Å². The van der Waals surface area contributed by atoms with Crippen LogP contribution in [-0.2, 0) is 28.8 Å². The van der Waals surface area contributed by atoms with Gasteiger partial charge in [-0.25, -0.2) is 0 Å². The summed E-state index contributed by atoms with van der Waals surface area (Å²) in [5, 5.41) is 32.9. The molecule has 0 radical (unpaired) electrons. The summed E-state index contributed by atoms with van der Waals surface area (Å²) in [6.07, 6.45) is -1.32. The van der Waals surface area contributed by atoms with Crippen molar-refractivity contribution in [2.75, 3.05) is 6.54 Å². The van der Waals surface area contributed by atoms with Crippen molar-refractivity contribution >= 4 is 35.6 Å². The molecule has 0 rings (SSSR count). The molecule has 0 fully saturated rings. The number of hydrogen-bond acceptors (Lipinski definition) is 7. The third kappa shape index (κ3) is 11.6. The Bertz CT molecular complexity index is 666. The zero-order chi connectivity index (χ0) is 23.4. The van der Waals surface area contributed by atoms with E-state index in [4.69, 9.17) is 21.1 Å². The molecule has 0 saturated heterocycles. The Morgan fingerprint density at radius 2 is 1.37 bits per heavy atom. The zero-order valence-electron chi connectivity index (χ0n) is 16.7. The van der Waals surface area contributed by atoms with E-state index in [9.17, 15) is 28.8 Å². The van der Waals surface area contributed by atoms with Crippen molar-refractivity contribution in [2.45, 2.75) is 57.7 Å². The average Bonchev–Trinajstić information content (AvgIpc) is 2.60. The molecule has 0 aliphatic heterocycles. The Kier molecular flexibility index (Phi) is 11.7. The molecule has 13 heteroatoms. The first-order valence-electron chi connectivity index (χ1n) is 9.12. The number of hydrogen-bond donors (Lipinski definition) is 7. The van der Waals surface area contributed by atoms with Crippen LogP contribution in [0.4, 0.5) is 0 Å². The Hall–Kier alpha value is -3.22. The predicted octanol–water partition coefficient (Wildman–Crippen LogP) is -2.13. The van der Waals surface area contributed by atoms with Crippen molar-refractivity contribution in [1.82, 2.24) is 16.0 Å². The van der Waals surface area contributed by atoms with Crippen LogP contribution in [0.15, 0.2) is 0 Å². The first kappa shape index (κ1) is 26.8. The van der Waals surface area contributed by atoms with Gasteiger partial charge in [0, 0.05) is 6.42 Å². The fourth-order valence-corrected chi connectivity index (χ4v) is 2.36. The highest BCUT2D eigenvalue weighted by molar-refractivity contribution is 5.94. The van der Waals surface area contributed by atoms with Crippen molar-refractivity contribution in [3.8, 4) is 0 Å². The smallest absolute Gasteiger partial charge is 0.322 e. The van der Waals surface area contributed by atoms with Crippen LogP contribution in [0.5, 0.6) is 0 Å². The first-order chi connectivity index (χ1) is 13.8. The number of rotatable bonds is 14. The van der Waals surface area contributed by atoms with Gasteiger partial charge in [0.25, 0.3) is 0 Å². The maximum absolute atomic E-state index is 12.6. The van der Waals surface area contributed by atoms with E-state index in [1.54, 1.807) is 13.8 Å². The second kappa shape index (κ2) is 13.1. The minimum absolute atomic E-state index is 0.0879. The van der Waals surface area contributed by atoms with Crippen molar-refractivity contribution < 1.29 is 44.1 Å². The number of carboxylic acid groups (broad SMARTS) is 3. The Labute approximate surface area is 172 Å². The molecule has 3 amide bonds. The maximum atomic E-state index is 12.6. The highest BCUT2D eigenvalue weighted by Gasteiger charge is 2.29. The lowest BCUT2D eigenvalue weighted by Crippen LogP contribution is -2.56. The molecule has 0 aromatic carbocycles. The molecule has 0 aliphatic carbocycles. The van der Waals surface area contributed by atoms with Gasteiger partial charge in [-0.05, 0) is 18.8 Å². The molecule has 3 unspecified atom stereocenters. The highest BCUT2D eigenvalue weighted by Crippen LogP contribution is 2.07. The van der Waals surface area contributed by atoms with Gasteiger partial charge in [-0.3, -0.25) is 28.8 Å². The summed E-state index contributed by atoms with van der Waals surface area (Å²) in [5.41, 5.74) is 5.49. The second-order valence-corrected chi connectivity index (χ2v) is 7.00. The van der Waals surface area contributed by atoms with Crippen LogP contribution in [0.25, 0.3) is 0 Å². The first-order valence-corrected chi connectivity index (χ1v) is 9.12. The van der Waals surface area contributed by atoms with Crippen molar-refractivity contribution in [2.24, 2.45) is 11.7 Å². The van der Waals surface area contributed by atoms with Crippen LogP contribution < -0.4 is 21.7 Å². The molecule has 0 saturated carbocycles. The Morgan fingerprint density at radius 3 is 1.83 bits per heavy atom. The van der Waals surface area contributed by atoms with E-state index in [-0.39, 0.29) is 18.8 Å². The molecule has 0 spiro atoms. The molecular formula is C17H28N4O9. The highest BCUT2D eigenvalue weighted by atomic mass is 16.4. The van der Waals surface area contributed by atoms with Gasteiger partial charge < -0.3 is 37.0 Å². The van der Waals surface area contributed by atoms with E-state index in [1.807, 2.05) is 0 Å². The molecule has 13 nitrogen and oxygen atoms in total. The summed E-state index contributed by atoms with van der Waals surface area (Å²) in [6, 6.07) is -3.92. The van der Waals surface area contributed by atoms with Gasteiger partial charge in [0.2, 0.25) is 17.7 Å². The van der Waals surface area contributed by atoms with Crippen LogP contribution in [0.1, 0.15) is 39.5 Å². The third-order valence-corrected chi connectivity index (χ3v) is 3.77. The van der Waals surface area contributed by atoms with Crippen LogP contribution in [-0.4, -0.2) is 75.6 Å². The summed E-state index contributed by atoms with van der Waals surface area (Å²) in [6.45, 7) is 2.78. The summed E-state index contributed by atoms with van der Waals surface area (Å²) in [5.74, 6) is -6.54. The fourth-order valence-electron chi connectivity index (χ4n) is 2.36. The lowest BCUT2D eigenvalue weighted by atomic mass is 10.0. The van der Waals surface area contributed by atoms with E-state index in [1.165, 1.54) is 0 Å². The van der Waals surface area contributed by atoms with Gasteiger partial charge in [0.05, 0.1) is 12.5 Å². The number of carboxylic acids is 3. The number of aliphatic carboxylic acids is 3.